The van der Waals surface area contributed by atoms with E-state index in [0.717, 1.165) is 77.0 Å². The second-order valence-corrected chi connectivity index (χ2v) is 59.4. The van der Waals surface area contributed by atoms with Gasteiger partial charge in [0.2, 0.25) is 11.8 Å². The zero-order valence-corrected chi connectivity index (χ0v) is 60.7. The van der Waals surface area contributed by atoms with Crippen LogP contribution in [0.25, 0.3) is 0 Å². The van der Waals surface area contributed by atoms with Crippen LogP contribution in [0.15, 0.2) is 38.0 Å². The van der Waals surface area contributed by atoms with Gasteiger partial charge in [-0.15, -0.1) is 19.7 Å². The number of aliphatic carboxylic acids is 1. The zero-order valence-electron chi connectivity index (χ0n) is 52.8. The summed E-state index contributed by atoms with van der Waals surface area (Å²) in [7, 11) is 2.58. The van der Waals surface area contributed by atoms with Crippen molar-refractivity contribution in [3.05, 3.63) is 38.0 Å². The van der Waals surface area contributed by atoms with Gasteiger partial charge < -0.3 is 74.8 Å². The molecule has 4 heterocycles. The van der Waals surface area contributed by atoms with E-state index in [1.165, 1.54) is 19.1 Å². The van der Waals surface area contributed by atoms with Crippen LogP contribution in [-0.2, 0) is 62.1 Å². The predicted molar refractivity (Wildman–Crippen MR) is 352 cm³/mol. The third-order valence-electron chi connectivity index (χ3n) is 12.9. The molecule has 4 rings (SSSR count). The van der Waals surface area contributed by atoms with Crippen molar-refractivity contribution in [3.63, 3.8) is 0 Å². The van der Waals surface area contributed by atoms with Crippen LogP contribution >= 0.6 is 59.9 Å². The van der Waals surface area contributed by atoms with Crippen molar-refractivity contribution in [3.8, 4) is 0 Å². The molecule has 0 aromatic carbocycles. The summed E-state index contributed by atoms with van der Waals surface area (Å²) in [5.41, 5.74) is -1.96. The van der Waals surface area contributed by atoms with Crippen LogP contribution in [0.5, 0.6) is 0 Å². The molecule has 9 atom stereocenters. The number of esters is 3. The van der Waals surface area contributed by atoms with Crippen LogP contribution in [-0.4, -0.2) is 184 Å². The number of carbonyl (C=O) groups is 9. The number of aliphatic hydroxyl groups excluding tert-OH is 2. The summed E-state index contributed by atoms with van der Waals surface area (Å²) < 4.78 is 29.9. The number of nitrogens with zero attached hydrogens (tertiary/aromatic N) is 2. The summed E-state index contributed by atoms with van der Waals surface area (Å²) in [6.07, 6.45) is 15.3. The first-order chi connectivity index (χ1) is 40.5. The van der Waals surface area contributed by atoms with Crippen molar-refractivity contribution < 1.29 is 91.8 Å². The van der Waals surface area contributed by atoms with Gasteiger partial charge in [0, 0.05) is 32.4 Å². The Hall–Kier alpha value is -3.50. The Balaban J connectivity index is 0.00000116. The molecule has 24 nitrogen and oxygen atoms in total. The average Bonchev–Trinajstić information content (AvgIpc) is 2.20. The standard InChI is InChI=1S/C20H34N2O6.C19H30N2O5.C14H25NO4.C6H11NO3.3HI.V/c1-6-7-8-9-10-11-15(21-19(26)28-20(2,3)4)17(24)22-13-14(23)12-16(22)18(25)27-5;1-5-6-7-8-9-10-14(20-18(24)26-19(2,3)4)16(22)21-12-13-11-15(21)17(23)25-13;1-5-6-7-8-9-10-11(12(16)17)15-13(18)19-14(2,3)4;1-10-6(9)5-2-4(8)3-7-5;;;;/h6,14-16,23H,1,7-13H2,2-5H3,(H,21,26);5,13-15H,1,6-12H2,2-4H3,(H,20,24);5,11H,1,6-10H2,2-4H3,(H,15,18)(H,16,17);4-5,7-8H,2-3H2,1H3;3*1H;/q;;;;;;;+3/p-3/t14-,15-,16-;13-,14-,15-;11-;4-,5-;;;;/m0000..../s1. The molecule has 5 amide bonds. The van der Waals surface area contributed by atoms with Gasteiger partial charge in [0.1, 0.15) is 59.2 Å². The summed E-state index contributed by atoms with van der Waals surface area (Å²) in [6, 6.07) is -4.09. The first kappa shape index (κ1) is 83.5. The first-order valence-electron chi connectivity index (χ1n) is 29.4. The van der Waals surface area contributed by atoms with Gasteiger partial charge in [-0.3, -0.25) is 14.4 Å². The number of rotatable bonds is 26. The number of aliphatic hydroxyl groups is 2. The fourth-order valence-corrected chi connectivity index (χ4v) is 9.01. The average molecular weight is 1610 g/mol. The van der Waals surface area contributed by atoms with Crippen molar-refractivity contribution in [1.29, 1.82) is 0 Å². The normalized spacial score (nSPS) is 20.2. The van der Waals surface area contributed by atoms with Crippen molar-refractivity contribution >= 4 is 114 Å². The second kappa shape index (κ2) is 44.1. The third kappa shape index (κ3) is 38.7. The number of ether oxygens (including phenoxy) is 6. The van der Waals surface area contributed by atoms with E-state index in [9.17, 15) is 48.3 Å². The van der Waals surface area contributed by atoms with Gasteiger partial charge in [-0.2, -0.15) is 0 Å². The maximum atomic E-state index is 13.1. The number of carbonyl (C=O) groups excluding carboxylic acids is 8. The van der Waals surface area contributed by atoms with E-state index in [1.807, 2.05) is 18.2 Å². The van der Waals surface area contributed by atoms with Crippen molar-refractivity contribution in [2.24, 2.45) is 0 Å². The third-order valence-corrected chi connectivity index (χ3v) is 12.9. The predicted octanol–water partition coefficient (Wildman–Crippen LogP) is 9.33. The summed E-state index contributed by atoms with van der Waals surface area (Å²) in [5.74, 6) is -2.90. The van der Waals surface area contributed by atoms with Gasteiger partial charge >= 0.3 is 107 Å². The van der Waals surface area contributed by atoms with Gasteiger partial charge in [0.05, 0.1) is 33.0 Å². The van der Waals surface area contributed by atoms with Gasteiger partial charge in [-0.25, -0.2) is 28.8 Å². The topological polar surface area (TPSA) is 324 Å². The van der Waals surface area contributed by atoms with E-state index in [1.54, 1.807) is 67.2 Å². The molecule has 0 saturated carbocycles. The Morgan fingerprint density at radius 3 is 1.33 bits per heavy atom. The molecule has 0 aliphatic carbocycles. The summed E-state index contributed by atoms with van der Waals surface area (Å²) >= 11 is 7.39. The summed E-state index contributed by atoms with van der Waals surface area (Å²) in [4.78, 5) is 110. The van der Waals surface area contributed by atoms with Crippen molar-refractivity contribution in [2.75, 3.05) is 33.9 Å². The molecule has 0 radical (unpaired) electrons. The molecular formula is C59H100I3N6O18V. The maximum absolute atomic E-state index is 13.1. The molecule has 0 spiro atoms. The molecule has 4 aliphatic heterocycles. The first-order valence-corrected chi connectivity index (χ1v) is 42.9. The molecule has 28 heteroatoms. The number of nitrogens with one attached hydrogen (secondary N) is 4. The van der Waals surface area contributed by atoms with Crippen LogP contribution in [0, 0.1) is 0 Å². The Bertz CT molecular complexity index is 2180. The molecule has 4 fully saturated rings. The molecule has 4 aliphatic rings. The summed E-state index contributed by atoms with van der Waals surface area (Å²) in [5, 5.41) is 38.5. The van der Waals surface area contributed by atoms with Crippen LogP contribution in [0.1, 0.15) is 178 Å². The van der Waals surface area contributed by atoms with Gasteiger partial charge in [0.25, 0.3) is 0 Å². The number of hydrogen-bond acceptors (Lipinski definition) is 18. The molecule has 2 bridgehead atoms. The summed E-state index contributed by atoms with van der Waals surface area (Å²) in [6.45, 7) is 27.7. The molecule has 7 N–H and O–H groups in total. The van der Waals surface area contributed by atoms with Gasteiger partial charge in [-0.1, -0.05) is 56.8 Å². The fourth-order valence-electron chi connectivity index (χ4n) is 9.01. The number of morpholine rings is 1. The van der Waals surface area contributed by atoms with E-state index >= 15 is 0 Å². The number of carboxylic acid groups (broad SMARTS) is 1. The number of alkyl carbamates (subject to hydrolysis) is 3. The molecule has 4 saturated heterocycles. The van der Waals surface area contributed by atoms with E-state index < -0.39 is 95.3 Å². The van der Waals surface area contributed by atoms with Gasteiger partial charge in [-0.05, 0) is 120 Å². The fraction of sp³-hybridized carbons (Fsp3) is 0.746. The Morgan fingerprint density at radius 1 is 0.609 bits per heavy atom. The monoisotopic (exact) mass is 1610 g/mol. The number of hydrogen-bond donors (Lipinski definition) is 7. The van der Waals surface area contributed by atoms with Crippen molar-refractivity contribution in [1.82, 2.24) is 31.1 Å². The SMILES string of the molecule is C=CCCCCC[C@H](NC(=O)OC(C)(C)C)C(=O)N1C[C@@H](O)C[C@H]1C(=O)OC.C=CCCCCC[C@H](NC(=O)OC(C)(C)C)C(=O)N1C[C@@H]2C[C@H]1C(=O)O2.C=CCCCCC[C@H](NC(=O)OC(C)(C)C)C(=O)O.COC(=O)[C@@H]1C[C@H](O)CN1.[I][V]([I])[I]. The number of likely N-dealkylation sites (tertiary alicyclic amines) is 2. The van der Waals surface area contributed by atoms with E-state index in [-0.39, 0.29) is 47.9 Å². The molecule has 0 unspecified atom stereocenters. The molecule has 0 aromatic rings. The van der Waals surface area contributed by atoms with Crippen LogP contribution < -0.4 is 21.3 Å². The molecular weight excluding hydrogens is 1510 g/mol. The number of β-amino-alcohol motifs (C(OH)–C–C–N with tert-alkyl or cyclic N) is 2. The number of halogens is 3. The number of unbranched alkanes of at least 4 members (excludes halogenated alkanes) is 9. The number of fused-ring (bicyclic) bond motifs is 2. The Kier molecular flexibility index (Phi) is 42.3. The number of carboxylic acids is 1. The second-order valence-electron chi connectivity index (χ2n) is 24.0. The van der Waals surface area contributed by atoms with Crippen LogP contribution in [0.4, 0.5) is 14.4 Å². The van der Waals surface area contributed by atoms with Crippen molar-refractivity contribution in [2.45, 2.75) is 249 Å². The number of allylic oxidation sites excluding steroid dienone is 3. The number of methoxy groups -OCH3 is 2. The van der Waals surface area contributed by atoms with Gasteiger partial charge in [0.15, 0.2) is 0 Å². The Morgan fingerprint density at radius 2 is 1.00 bits per heavy atom. The van der Waals surface area contributed by atoms with E-state index in [0.29, 0.717) is 45.2 Å². The van der Waals surface area contributed by atoms with E-state index in [4.69, 9.17) is 33.9 Å². The Labute approximate surface area is 553 Å². The quantitative estimate of drug-likeness (QED) is 0.0139. The zero-order chi connectivity index (χ0) is 66.7. The molecule has 0 aromatic heterocycles. The van der Waals surface area contributed by atoms with E-state index in [2.05, 4.69) is 106 Å². The minimum atomic E-state index is -1.03. The van der Waals surface area contributed by atoms with Crippen LogP contribution in [0.3, 0.4) is 0 Å². The molecule has 500 valence electrons. The van der Waals surface area contributed by atoms with Crippen LogP contribution in [0.2, 0.25) is 0 Å². The molecule has 87 heavy (non-hydrogen) atoms. The minimum absolute atomic E-state index is 0.0293. The number of amides is 5.